The van der Waals surface area contributed by atoms with Crippen LogP contribution < -0.4 is 10.6 Å². The van der Waals surface area contributed by atoms with Crippen LogP contribution in [-0.4, -0.2) is 18.1 Å². The Kier molecular flexibility index (Phi) is 3.22. The summed E-state index contributed by atoms with van der Waals surface area (Å²) >= 11 is 3.35. The Hall–Kier alpha value is -0.610. The molecule has 2 N–H and O–H groups in total. The second-order valence-corrected chi connectivity index (χ2v) is 5.85. The summed E-state index contributed by atoms with van der Waals surface area (Å²) in [5, 5.41) is 6.64. The van der Waals surface area contributed by atoms with E-state index in [4.69, 9.17) is 0 Å². The molecular formula is C12H16BrFN2. The molecule has 1 fully saturated rings. The van der Waals surface area contributed by atoms with Crippen LogP contribution in [0.1, 0.15) is 20.3 Å². The van der Waals surface area contributed by atoms with Crippen LogP contribution in [0.2, 0.25) is 0 Å². The smallest absolute Gasteiger partial charge is 0.146 e. The molecule has 1 aliphatic rings. The lowest BCUT2D eigenvalue weighted by atomic mass is 10.0. The Morgan fingerprint density at radius 2 is 2.25 bits per heavy atom. The lowest BCUT2D eigenvalue weighted by Gasteiger charge is -2.18. The topological polar surface area (TPSA) is 24.1 Å². The molecular weight excluding hydrogens is 271 g/mol. The van der Waals surface area contributed by atoms with E-state index in [1.165, 1.54) is 6.07 Å². The molecule has 4 heteroatoms. The number of halogens is 2. The Balaban J connectivity index is 2.07. The number of hydrogen-bond donors (Lipinski definition) is 2. The van der Waals surface area contributed by atoms with Crippen LogP contribution in [0.3, 0.4) is 0 Å². The molecule has 1 atom stereocenters. The van der Waals surface area contributed by atoms with Gasteiger partial charge in [-0.1, -0.05) is 15.9 Å². The summed E-state index contributed by atoms with van der Waals surface area (Å²) in [7, 11) is 0. The van der Waals surface area contributed by atoms with Crippen LogP contribution in [0.4, 0.5) is 10.1 Å². The minimum Gasteiger partial charge on any atom is -0.379 e. The van der Waals surface area contributed by atoms with Gasteiger partial charge >= 0.3 is 0 Å². The molecule has 1 aromatic rings. The maximum absolute atomic E-state index is 13.5. The van der Waals surface area contributed by atoms with E-state index in [1.54, 1.807) is 12.1 Å². The zero-order valence-corrected chi connectivity index (χ0v) is 11.1. The quantitative estimate of drug-likeness (QED) is 0.873. The van der Waals surface area contributed by atoms with Gasteiger partial charge < -0.3 is 10.6 Å². The molecule has 2 nitrogen and oxygen atoms in total. The normalized spacial score (nSPS) is 23.4. The summed E-state index contributed by atoms with van der Waals surface area (Å²) in [6.45, 7) is 5.19. The highest BCUT2D eigenvalue weighted by atomic mass is 79.9. The molecule has 0 aliphatic carbocycles. The highest BCUT2D eigenvalue weighted by Gasteiger charge is 2.30. The fourth-order valence-electron chi connectivity index (χ4n) is 2.09. The van der Waals surface area contributed by atoms with Gasteiger partial charge in [-0.3, -0.25) is 0 Å². The van der Waals surface area contributed by atoms with Gasteiger partial charge in [0.2, 0.25) is 0 Å². The zero-order valence-electron chi connectivity index (χ0n) is 9.48. The van der Waals surface area contributed by atoms with Crippen molar-refractivity contribution in [2.24, 2.45) is 0 Å². The van der Waals surface area contributed by atoms with E-state index in [1.807, 2.05) is 0 Å². The van der Waals surface area contributed by atoms with Gasteiger partial charge in [0.05, 0.1) is 5.69 Å². The molecule has 1 saturated heterocycles. The average molecular weight is 287 g/mol. The van der Waals surface area contributed by atoms with Gasteiger partial charge in [0.15, 0.2) is 0 Å². The van der Waals surface area contributed by atoms with Crippen molar-refractivity contribution in [1.82, 2.24) is 5.32 Å². The van der Waals surface area contributed by atoms with Crippen molar-refractivity contribution in [1.29, 1.82) is 0 Å². The van der Waals surface area contributed by atoms with Gasteiger partial charge in [-0.05, 0) is 38.5 Å². The Bertz CT molecular complexity index is 393. The fraction of sp³-hybridized carbons (Fsp3) is 0.500. The van der Waals surface area contributed by atoms with Crippen LogP contribution in [-0.2, 0) is 0 Å². The third kappa shape index (κ3) is 2.74. The Morgan fingerprint density at radius 3 is 2.88 bits per heavy atom. The van der Waals surface area contributed by atoms with Gasteiger partial charge in [0.1, 0.15) is 5.82 Å². The molecule has 1 unspecified atom stereocenters. The first-order chi connectivity index (χ1) is 7.46. The van der Waals surface area contributed by atoms with E-state index < -0.39 is 0 Å². The van der Waals surface area contributed by atoms with Crippen molar-refractivity contribution in [3.63, 3.8) is 0 Å². The molecule has 0 amide bonds. The summed E-state index contributed by atoms with van der Waals surface area (Å²) in [6.07, 6.45) is 0.999. The minimum absolute atomic E-state index is 0.139. The Morgan fingerprint density at radius 1 is 1.50 bits per heavy atom. The summed E-state index contributed by atoms with van der Waals surface area (Å²) in [5.41, 5.74) is 0.707. The molecule has 1 aromatic carbocycles. The molecule has 0 bridgehead atoms. The number of anilines is 1. The van der Waals surface area contributed by atoms with E-state index in [0.717, 1.165) is 17.4 Å². The first-order valence-electron chi connectivity index (χ1n) is 5.43. The molecule has 1 heterocycles. The van der Waals surface area contributed by atoms with E-state index >= 15 is 0 Å². The minimum atomic E-state index is -0.201. The second kappa shape index (κ2) is 4.34. The van der Waals surface area contributed by atoms with Crippen molar-refractivity contribution in [2.75, 3.05) is 11.9 Å². The molecule has 0 aromatic heterocycles. The third-order valence-corrected chi connectivity index (χ3v) is 3.37. The van der Waals surface area contributed by atoms with E-state index in [2.05, 4.69) is 40.4 Å². The number of benzene rings is 1. The van der Waals surface area contributed by atoms with Crippen molar-refractivity contribution < 1.29 is 4.39 Å². The lowest BCUT2D eigenvalue weighted by molar-refractivity contribution is 0.457. The van der Waals surface area contributed by atoms with Gasteiger partial charge in [-0.15, -0.1) is 0 Å². The van der Waals surface area contributed by atoms with Crippen LogP contribution in [0.25, 0.3) is 0 Å². The monoisotopic (exact) mass is 286 g/mol. The third-order valence-electron chi connectivity index (χ3n) is 2.87. The molecule has 16 heavy (non-hydrogen) atoms. The summed E-state index contributed by atoms with van der Waals surface area (Å²) in [4.78, 5) is 0. The Labute approximate surface area is 104 Å². The van der Waals surface area contributed by atoms with E-state index in [0.29, 0.717) is 11.7 Å². The molecule has 0 radical (unpaired) electrons. The lowest BCUT2D eigenvalue weighted by Crippen LogP contribution is -2.31. The second-order valence-electron chi connectivity index (χ2n) is 4.93. The highest BCUT2D eigenvalue weighted by molar-refractivity contribution is 9.10. The number of hydrogen-bond acceptors (Lipinski definition) is 2. The first-order valence-corrected chi connectivity index (χ1v) is 6.22. The predicted octanol–water partition coefficient (Wildman–Crippen LogP) is 3.14. The summed E-state index contributed by atoms with van der Waals surface area (Å²) in [6, 6.07) is 5.25. The molecule has 0 spiro atoms. The molecule has 2 rings (SSSR count). The zero-order chi connectivity index (χ0) is 11.8. The highest BCUT2D eigenvalue weighted by Crippen LogP contribution is 2.25. The van der Waals surface area contributed by atoms with Crippen molar-refractivity contribution >= 4 is 21.6 Å². The SMILES string of the molecule is CC1(C)CC(Nc2cc(Br)ccc2F)CN1. The van der Waals surface area contributed by atoms with Crippen molar-refractivity contribution in [3.05, 3.63) is 28.5 Å². The molecule has 1 aliphatic heterocycles. The number of nitrogens with one attached hydrogen (secondary N) is 2. The van der Waals surface area contributed by atoms with Gasteiger partial charge in [-0.25, -0.2) is 4.39 Å². The fourth-order valence-corrected chi connectivity index (χ4v) is 2.45. The van der Waals surface area contributed by atoms with Crippen LogP contribution in [0.15, 0.2) is 22.7 Å². The maximum Gasteiger partial charge on any atom is 0.146 e. The number of rotatable bonds is 2. The largest absolute Gasteiger partial charge is 0.379 e. The first kappa shape index (κ1) is 11.9. The maximum atomic E-state index is 13.5. The van der Waals surface area contributed by atoms with Crippen molar-refractivity contribution in [3.8, 4) is 0 Å². The van der Waals surface area contributed by atoms with Gasteiger partial charge in [-0.2, -0.15) is 0 Å². The molecule has 0 saturated carbocycles. The predicted molar refractivity (Wildman–Crippen MR) is 68.2 cm³/mol. The summed E-state index contributed by atoms with van der Waals surface area (Å²) in [5.74, 6) is -0.201. The van der Waals surface area contributed by atoms with Crippen LogP contribution in [0, 0.1) is 5.82 Å². The van der Waals surface area contributed by atoms with E-state index in [9.17, 15) is 4.39 Å². The summed E-state index contributed by atoms with van der Waals surface area (Å²) < 4.78 is 14.4. The van der Waals surface area contributed by atoms with Crippen molar-refractivity contribution in [2.45, 2.75) is 31.8 Å². The van der Waals surface area contributed by atoms with Gasteiger partial charge in [0, 0.05) is 22.6 Å². The van der Waals surface area contributed by atoms with Crippen LogP contribution in [0.5, 0.6) is 0 Å². The standard InChI is InChI=1S/C12H16BrFN2/c1-12(2)6-9(7-15-12)16-11-5-8(13)3-4-10(11)14/h3-5,9,15-16H,6-7H2,1-2H3. The van der Waals surface area contributed by atoms with Gasteiger partial charge in [0.25, 0.3) is 0 Å². The molecule has 88 valence electrons. The average Bonchev–Trinajstić information content (AvgIpc) is 2.52. The van der Waals surface area contributed by atoms with E-state index in [-0.39, 0.29) is 11.4 Å². The van der Waals surface area contributed by atoms with Crippen LogP contribution >= 0.6 is 15.9 Å².